The van der Waals surface area contributed by atoms with E-state index < -0.39 is 0 Å². The highest BCUT2D eigenvalue weighted by Gasteiger charge is 2.20. The van der Waals surface area contributed by atoms with Gasteiger partial charge in [-0.2, -0.15) is 5.10 Å². The molecular formula is C15H29N3. The molecule has 1 heterocycles. The van der Waals surface area contributed by atoms with Crippen LogP contribution in [0.2, 0.25) is 0 Å². The molecule has 0 aliphatic rings. The minimum Gasteiger partial charge on any atom is -0.316 e. The molecule has 0 radical (unpaired) electrons. The van der Waals surface area contributed by atoms with Gasteiger partial charge in [0, 0.05) is 18.8 Å². The van der Waals surface area contributed by atoms with Crippen LogP contribution in [-0.4, -0.2) is 22.9 Å². The fourth-order valence-corrected chi connectivity index (χ4v) is 2.27. The summed E-state index contributed by atoms with van der Waals surface area (Å²) in [6.07, 6.45) is 1.08. The highest BCUT2D eigenvalue weighted by Crippen LogP contribution is 2.21. The molecule has 1 rings (SSSR count). The summed E-state index contributed by atoms with van der Waals surface area (Å²) in [4.78, 5) is 0. The number of hydrogen-bond donors (Lipinski definition) is 1. The number of nitrogens with one attached hydrogen (secondary N) is 1. The van der Waals surface area contributed by atoms with Crippen LogP contribution in [0.15, 0.2) is 6.07 Å². The number of aromatic nitrogens is 2. The molecule has 0 fully saturated rings. The first-order chi connectivity index (χ1) is 8.34. The van der Waals surface area contributed by atoms with E-state index in [4.69, 9.17) is 0 Å². The zero-order valence-corrected chi connectivity index (χ0v) is 12.9. The Morgan fingerprint density at radius 3 is 2.61 bits per heavy atom. The van der Waals surface area contributed by atoms with Gasteiger partial charge in [-0.25, -0.2) is 0 Å². The molecule has 0 unspecified atom stereocenters. The number of hydrogen-bond acceptors (Lipinski definition) is 2. The van der Waals surface area contributed by atoms with E-state index in [9.17, 15) is 0 Å². The average molecular weight is 251 g/mol. The van der Waals surface area contributed by atoms with Crippen molar-refractivity contribution in [2.24, 2.45) is 11.3 Å². The van der Waals surface area contributed by atoms with Crippen LogP contribution in [0.5, 0.6) is 0 Å². The Bertz CT molecular complexity index is 364. The first-order valence-electron chi connectivity index (χ1n) is 7.08. The summed E-state index contributed by atoms with van der Waals surface area (Å²) in [7, 11) is 0. The number of rotatable bonds is 7. The molecule has 0 bridgehead atoms. The van der Waals surface area contributed by atoms with E-state index in [1.165, 1.54) is 5.69 Å². The molecule has 0 atom stereocenters. The predicted octanol–water partition coefficient (Wildman–Crippen LogP) is 3.03. The minimum absolute atomic E-state index is 0.272. The maximum absolute atomic E-state index is 4.52. The third-order valence-electron chi connectivity index (χ3n) is 3.10. The highest BCUT2D eigenvalue weighted by atomic mass is 15.3. The van der Waals surface area contributed by atoms with Crippen LogP contribution in [0.3, 0.4) is 0 Å². The Kier molecular flexibility index (Phi) is 5.39. The van der Waals surface area contributed by atoms with Crippen molar-refractivity contribution in [2.75, 3.05) is 13.1 Å². The maximum Gasteiger partial charge on any atom is 0.0596 e. The van der Waals surface area contributed by atoms with Gasteiger partial charge in [0.1, 0.15) is 0 Å². The van der Waals surface area contributed by atoms with Crippen molar-refractivity contribution in [3.63, 3.8) is 0 Å². The molecular weight excluding hydrogens is 222 g/mol. The lowest BCUT2D eigenvalue weighted by Crippen LogP contribution is -2.33. The monoisotopic (exact) mass is 251 g/mol. The van der Waals surface area contributed by atoms with Crippen molar-refractivity contribution < 1.29 is 0 Å². The molecule has 0 spiro atoms. The van der Waals surface area contributed by atoms with E-state index in [-0.39, 0.29) is 5.41 Å². The molecule has 0 aliphatic heterocycles. The van der Waals surface area contributed by atoms with Gasteiger partial charge in [-0.3, -0.25) is 4.68 Å². The maximum atomic E-state index is 4.52. The lowest BCUT2D eigenvalue weighted by molar-refractivity contribution is 0.321. The summed E-state index contributed by atoms with van der Waals surface area (Å²) in [6, 6.07) is 2.22. The van der Waals surface area contributed by atoms with E-state index >= 15 is 0 Å². The van der Waals surface area contributed by atoms with Crippen molar-refractivity contribution >= 4 is 0 Å². The van der Waals surface area contributed by atoms with E-state index in [0.29, 0.717) is 5.92 Å². The second kappa shape index (κ2) is 6.37. The van der Waals surface area contributed by atoms with Crippen molar-refractivity contribution in [2.45, 2.75) is 54.5 Å². The van der Waals surface area contributed by atoms with Crippen LogP contribution in [-0.2, 0) is 13.0 Å². The topological polar surface area (TPSA) is 29.9 Å². The summed E-state index contributed by atoms with van der Waals surface area (Å²) in [5.41, 5.74) is 2.75. The van der Waals surface area contributed by atoms with E-state index in [1.807, 2.05) is 0 Å². The van der Waals surface area contributed by atoms with E-state index in [2.05, 4.69) is 62.7 Å². The van der Waals surface area contributed by atoms with Crippen molar-refractivity contribution in [3.8, 4) is 0 Å². The minimum atomic E-state index is 0.272. The number of aryl methyl sites for hydroxylation is 2. The van der Waals surface area contributed by atoms with Gasteiger partial charge < -0.3 is 5.32 Å². The van der Waals surface area contributed by atoms with Crippen LogP contribution in [0.1, 0.15) is 46.0 Å². The molecule has 1 aromatic heterocycles. The predicted molar refractivity (Wildman–Crippen MR) is 77.8 cm³/mol. The Labute approximate surface area is 112 Å². The summed E-state index contributed by atoms with van der Waals surface area (Å²) in [5.74, 6) is 0.712. The fourth-order valence-electron chi connectivity index (χ4n) is 2.27. The van der Waals surface area contributed by atoms with Crippen LogP contribution >= 0.6 is 0 Å². The van der Waals surface area contributed by atoms with Crippen molar-refractivity contribution in [1.82, 2.24) is 15.1 Å². The SMILES string of the molecule is CCn1nc(C)cc1CC(C)(C)CNCC(C)C. The Hall–Kier alpha value is -0.830. The van der Waals surface area contributed by atoms with Gasteiger partial charge in [0.05, 0.1) is 5.69 Å². The van der Waals surface area contributed by atoms with Gasteiger partial charge in [-0.1, -0.05) is 27.7 Å². The van der Waals surface area contributed by atoms with Crippen LogP contribution in [0, 0.1) is 18.3 Å². The van der Waals surface area contributed by atoms with Crippen molar-refractivity contribution in [1.29, 1.82) is 0 Å². The van der Waals surface area contributed by atoms with E-state index in [0.717, 1.165) is 31.7 Å². The normalized spacial score (nSPS) is 12.4. The summed E-state index contributed by atoms with van der Waals surface area (Å²) in [5, 5.41) is 8.08. The fraction of sp³-hybridized carbons (Fsp3) is 0.800. The third-order valence-corrected chi connectivity index (χ3v) is 3.10. The quantitative estimate of drug-likeness (QED) is 0.807. The Morgan fingerprint density at radius 1 is 1.39 bits per heavy atom. The highest BCUT2D eigenvalue weighted by molar-refractivity contribution is 5.11. The van der Waals surface area contributed by atoms with Crippen molar-refractivity contribution in [3.05, 3.63) is 17.5 Å². The first-order valence-corrected chi connectivity index (χ1v) is 7.08. The molecule has 1 N–H and O–H groups in total. The lowest BCUT2D eigenvalue weighted by atomic mass is 9.87. The molecule has 0 aromatic carbocycles. The van der Waals surface area contributed by atoms with E-state index in [1.54, 1.807) is 0 Å². The Morgan fingerprint density at radius 2 is 2.06 bits per heavy atom. The molecule has 0 aliphatic carbocycles. The molecule has 104 valence electrons. The molecule has 0 saturated carbocycles. The zero-order valence-electron chi connectivity index (χ0n) is 12.9. The van der Waals surface area contributed by atoms with Crippen LogP contribution in [0.25, 0.3) is 0 Å². The van der Waals surface area contributed by atoms with Gasteiger partial charge in [0.2, 0.25) is 0 Å². The van der Waals surface area contributed by atoms with Gasteiger partial charge in [0.15, 0.2) is 0 Å². The summed E-state index contributed by atoms with van der Waals surface area (Å²) in [6.45, 7) is 16.5. The summed E-state index contributed by atoms with van der Waals surface area (Å²) >= 11 is 0. The molecule has 0 amide bonds. The lowest BCUT2D eigenvalue weighted by Gasteiger charge is -2.26. The average Bonchev–Trinajstić information content (AvgIpc) is 2.56. The first kappa shape index (κ1) is 15.2. The van der Waals surface area contributed by atoms with Gasteiger partial charge in [-0.15, -0.1) is 0 Å². The van der Waals surface area contributed by atoms with Crippen LogP contribution < -0.4 is 5.32 Å². The molecule has 18 heavy (non-hydrogen) atoms. The standard InChI is InChI=1S/C15H29N3/c1-7-18-14(8-13(4)17-18)9-15(5,6)11-16-10-12(2)3/h8,12,16H,7,9-11H2,1-6H3. The second-order valence-electron chi connectivity index (χ2n) is 6.46. The zero-order chi connectivity index (χ0) is 13.8. The summed E-state index contributed by atoms with van der Waals surface area (Å²) < 4.78 is 2.12. The third kappa shape index (κ3) is 4.81. The molecule has 3 nitrogen and oxygen atoms in total. The largest absolute Gasteiger partial charge is 0.316 e. The molecule has 3 heteroatoms. The van der Waals surface area contributed by atoms with Gasteiger partial charge in [0.25, 0.3) is 0 Å². The molecule has 1 aromatic rings. The molecule has 0 saturated heterocycles. The van der Waals surface area contributed by atoms with Gasteiger partial charge >= 0.3 is 0 Å². The van der Waals surface area contributed by atoms with Gasteiger partial charge in [-0.05, 0) is 44.2 Å². The smallest absolute Gasteiger partial charge is 0.0596 e. The van der Waals surface area contributed by atoms with Crippen LogP contribution in [0.4, 0.5) is 0 Å². The number of nitrogens with zero attached hydrogens (tertiary/aromatic N) is 2. The Balaban J connectivity index is 2.58. The second-order valence-corrected chi connectivity index (χ2v) is 6.46.